The Kier molecular flexibility index (Phi) is 5.87. The molecule has 1 aromatic carbocycles. The standard InChI is InChI=1S/C16H26BrN3/c1-3-6-19-7-9-20(10-8-19)16-12-15(17)5-4-14(16)11-13(2)18/h4-5,12-13H,3,6-11,18H2,1-2H3. The van der Waals surface area contributed by atoms with Gasteiger partial charge in [-0.25, -0.2) is 0 Å². The van der Waals surface area contributed by atoms with Gasteiger partial charge in [-0.3, -0.25) is 4.90 Å². The fourth-order valence-corrected chi connectivity index (χ4v) is 3.23. The number of nitrogens with zero attached hydrogens (tertiary/aromatic N) is 2. The van der Waals surface area contributed by atoms with Crippen molar-refractivity contribution in [2.75, 3.05) is 37.6 Å². The van der Waals surface area contributed by atoms with E-state index in [0.717, 1.165) is 37.1 Å². The average molecular weight is 340 g/mol. The molecule has 1 fully saturated rings. The second-order valence-corrected chi connectivity index (χ2v) is 6.70. The van der Waals surface area contributed by atoms with E-state index >= 15 is 0 Å². The lowest BCUT2D eigenvalue weighted by molar-refractivity contribution is 0.258. The molecule has 112 valence electrons. The van der Waals surface area contributed by atoms with Crippen molar-refractivity contribution < 1.29 is 0 Å². The molecule has 1 aliphatic rings. The first-order chi connectivity index (χ1) is 9.60. The first-order valence-electron chi connectivity index (χ1n) is 7.61. The van der Waals surface area contributed by atoms with Gasteiger partial charge in [0.25, 0.3) is 0 Å². The van der Waals surface area contributed by atoms with Crippen molar-refractivity contribution in [3.8, 4) is 0 Å². The van der Waals surface area contributed by atoms with Crippen LogP contribution in [0.25, 0.3) is 0 Å². The monoisotopic (exact) mass is 339 g/mol. The highest BCUT2D eigenvalue weighted by molar-refractivity contribution is 9.10. The number of nitrogens with two attached hydrogens (primary N) is 1. The molecule has 3 nitrogen and oxygen atoms in total. The SMILES string of the molecule is CCCN1CCN(c2cc(Br)ccc2CC(C)N)CC1. The van der Waals surface area contributed by atoms with Crippen LogP contribution in [0.15, 0.2) is 22.7 Å². The minimum absolute atomic E-state index is 0.205. The first kappa shape index (κ1) is 15.8. The summed E-state index contributed by atoms with van der Waals surface area (Å²) in [4.78, 5) is 5.06. The predicted octanol–water partition coefficient (Wildman–Crippen LogP) is 2.87. The van der Waals surface area contributed by atoms with Crippen LogP contribution >= 0.6 is 15.9 Å². The van der Waals surface area contributed by atoms with E-state index < -0.39 is 0 Å². The van der Waals surface area contributed by atoms with Gasteiger partial charge in [0.05, 0.1) is 0 Å². The number of halogens is 1. The molecule has 0 saturated carbocycles. The van der Waals surface area contributed by atoms with Gasteiger partial charge in [-0.15, -0.1) is 0 Å². The molecule has 0 radical (unpaired) electrons. The van der Waals surface area contributed by atoms with Crippen molar-refractivity contribution in [3.05, 3.63) is 28.2 Å². The Balaban J connectivity index is 2.10. The third-order valence-electron chi connectivity index (χ3n) is 3.84. The summed E-state index contributed by atoms with van der Waals surface area (Å²) in [7, 11) is 0. The zero-order chi connectivity index (χ0) is 14.5. The third-order valence-corrected chi connectivity index (χ3v) is 4.34. The number of piperazine rings is 1. The summed E-state index contributed by atoms with van der Waals surface area (Å²) in [5.74, 6) is 0. The first-order valence-corrected chi connectivity index (χ1v) is 8.40. The van der Waals surface area contributed by atoms with E-state index in [2.05, 4.69) is 57.8 Å². The highest BCUT2D eigenvalue weighted by atomic mass is 79.9. The van der Waals surface area contributed by atoms with Gasteiger partial charge in [-0.2, -0.15) is 0 Å². The average Bonchev–Trinajstić information content (AvgIpc) is 2.42. The third kappa shape index (κ3) is 4.21. The maximum absolute atomic E-state index is 5.98. The largest absolute Gasteiger partial charge is 0.369 e. The Morgan fingerprint density at radius 3 is 2.55 bits per heavy atom. The van der Waals surface area contributed by atoms with Crippen LogP contribution in [0.2, 0.25) is 0 Å². The summed E-state index contributed by atoms with van der Waals surface area (Å²) in [5, 5.41) is 0. The molecule has 20 heavy (non-hydrogen) atoms. The molecule has 2 N–H and O–H groups in total. The van der Waals surface area contributed by atoms with E-state index in [9.17, 15) is 0 Å². The molecule has 1 aromatic rings. The summed E-state index contributed by atoms with van der Waals surface area (Å²) in [6, 6.07) is 6.78. The molecule has 0 bridgehead atoms. The van der Waals surface area contributed by atoms with Crippen molar-refractivity contribution in [2.24, 2.45) is 5.73 Å². The van der Waals surface area contributed by atoms with Crippen LogP contribution in [0.3, 0.4) is 0 Å². The molecule has 1 unspecified atom stereocenters. The van der Waals surface area contributed by atoms with Crippen LogP contribution in [-0.4, -0.2) is 43.7 Å². The lowest BCUT2D eigenvalue weighted by Gasteiger charge is -2.37. The van der Waals surface area contributed by atoms with E-state index in [1.54, 1.807) is 0 Å². The number of hydrogen-bond donors (Lipinski definition) is 1. The van der Waals surface area contributed by atoms with Gasteiger partial charge in [0.15, 0.2) is 0 Å². The Hall–Kier alpha value is -0.580. The Bertz CT molecular complexity index is 426. The topological polar surface area (TPSA) is 32.5 Å². The summed E-state index contributed by atoms with van der Waals surface area (Å²) in [5.41, 5.74) is 8.71. The van der Waals surface area contributed by atoms with Gasteiger partial charge >= 0.3 is 0 Å². The Morgan fingerprint density at radius 1 is 1.25 bits per heavy atom. The van der Waals surface area contributed by atoms with Crippen LogP contribution in [0.5, 0.6) is 0 Å². The van der Waals surface area contributed by atoms with Gasteiger partial charge < -0.3 is 10.6 Å². The molecule has 0 spiro atoms. The summed E-state index contributed by atoms with van der Waals surface area (Å²) >= 11 is 3.60. The van der Waals surface area contributed by atoms with Gasteiger partial charge in [0, 0.05) is 42.4 Å². The van der Waals surface area contributed by atoms with Gasteiger partial charge in [0.2, 0.25) is 0 Å². The quantitative estimate of drug-likeness (QED) is 0.895. The molecule has 0 aromatic heterocycles. The zero-order valence-electron chi connectivity index (χ0n) is 12.6. The van der Waals surface area contributed by atoms with Crippen molar-refractivity contribution >= 4 is 21.6 Å². The van der Waals surface area contributed by atoms with Gasteiger partial charge in [-0.1, -0.05) is 28.9 Å². The molecule has 0 aliphatic carbocycles. The second-order valence-electron chi connectivity index (χ2n) is 5.78. The summed E-state index contributed by atoms with van der Waals surface area (Å²) in [6.07, 6.45) is 2.19. The minimum atomic E-state index is 0.205. The van der Waals surface area contributed by atoms with Crippen molar-refractivity contribution in [2.45, 2.75) is 32.7 Å². The number of benzene rings is 1. The maximum Gasteiger partial charge on any atom is 0.0411 e. The molecular formula is C16H26BrN3. The molecular weight excluding hydrogens is 314 g/mol. The van der Waals surface area contributed by atoms with Crippen LogP contribution < -0.4 is 10.6 Å². The smallest absolute Gasteiger partial charge is 0.0411 e. The van der Waals surface area contributed by atoms with E-state index in [0.29, 0.717) is 0 Å². The van der Waals surface area contributed by atoms with Crippen LogP contribution in [-0.2, 0) is 6.42 Å². The maximum atomic E-state index is 5.98. The molecule has 1 aliphatic heterocycles. The number of hydrogen-bond acceptors (Lipinski definition) is 3. The molecule has 1 saturated heterocycles. The van der Waals surface area contributed by atoms with Crippen LogP contribution in [0.1, 0.15) is 25.8 Å². The summed E-state index contributed by atoms with van der Waals surface area (Å²) < 4.78 is 1.15. The van der Waals surface area contributed by atoms with Crippen molar-refractivity contribution in [3.63, 3.8) is 0 Å². The lowest BCUT2D eigenvalue weighted by Crippen LogP contribution is -2.46. The van der Waals surface area contributed by atoms with E-state index in [4.69, 9.17) is 5.73 Å². The molecule has 0 amide bonds. The molecule has 1 heterocycles. The number of rotatable bonds is 5. The normalized spacial score (nSPS) is 18.3. The highest BCUT2D eigenvalue weighted by Crippen LogP contribution is 2.27. The second kappa shape index (κ2) is 7.43. The van der Waals surface area contributed by atoms with Crippen LogP contribution in [0, 0.1) is 0 Å². The minimum Gasteiger partial charge on any atom is -0.369 e. The lowest BCUT2D eigenvalue weighted by atomic mass is 10.0. The highest BCUT2D eigenvalue weighted by Gasteiger charge is 2.19. The predicted molar refractivity (Wildman–Crippen MR) is 90.4 cm³/mol. The van der Waals surface area contributed by atoms with E-state index in [1.807, 2.05) is 0 Å². The molecule has 2 rings (SSSR count). The molecule has 4 heteroatoms. The Labute approximate surface area is 131 Å². The molecule has 1 atom stereocenters. The van der Waals surface area contributed by atoms with Crippen molar-refractivity contribution in [1.29, 1.82) is 0 Å². The Morgan fingerprint density at radius 2 is 1.95 bits per heavy atom. The van der Waals surface area contributed by atoms with E-state index in [1.165, 1.54) is 24.2 Å². The summed E-state index contributed by atoms with van der Waals surface area (Å²) in [6.45, 7) is 10.1. The van der Waals surface area contributed by atoms with Crippen molar-refractivity contribution in [1.82, 2.24) is 4.90 Å². The van der Waals surface area contributed by atoms with Crippen LogP contribution in [0.4, 0.5) is 5.69 Å². The zero-order valence-corrected chi connectivity index (χ0v) is 14.2. The van der Waals surface area contributed by atoms with E-state index in [-0.39, 0.29) is 6.04 Å². The number of anilines is 1. The van der Waals surface area contributed by atoms with Gasteiger partial charge in [0.1, 0.15) is 0 Å². The van der Waals surface area contributed by atoms with Gasteiger partial charge in [-0.05, 0) is 44.0 Å². The fraction of sp³-hybridized carbons (Fsp3) is 0.625. The fourth-order valence-electron chi connectivity index (χ4n) is 2.88.